The van der Waals surface area contributed by atoms with E-state index >= 15 is 0 Å². The van der Waals surface area contributed by atoms with Crippen LogP contribution in [-0.2, 0) is 17.8 Å². The lowest BCUT2D eigenvalue weighted by Crippen LogP contribution is -2.49. The fourth-order valence-corrected chi connectivity index (χ4v) is 3.88. The van der Waals surface area contributed by atoms with Crippen LogP contribution in [0.3, 0.4) is 0 Å². The van der Waals surface area contributed by atoms with E-state index in [-0.39, 0.29) is 17.3 Å². The van der Waals surface area contributed by atoms with Gasteiger partial charge in [0.2, 0.25) is 5.91 Å². The van der Waals surface area contributed by atoms with Gasteiger partial charge in [-0.1, -0.05) is 13.3 Å². The van der Waals surface area contributed by atoms with Crippen LogP contribution < -0.4 is 5.32 Å². The van der Waals surface area contributed by atoms with Crippen molar-refractivity contribution in [3.05, 3.63) is 45.7 Å². The van der Waals surface area contributed by atoms with Crippen molar-refractivity contribution in [1.82, 2.24) is 20.2 Å². The summed E-state index contributed by atoms with van der Waals surface area (Å²) < 4.78 is 0. The van der Waals surface area contributed by atoms with Gasteiger partial charge < -0.3 is 15.3 Å². The van der Waals surface area contributed by atoms with Crippen LogP contribution in [0.5, 0.6) is 0 Å². The van der Waals surface area contributed by atoms with Gasteiger partial charge in [-0.25, -0.2) is 14.8 Å². The maximum absolute atomic E-state index is 12.9. The molecule has 8 nitrogen and oxygen atoms in total. The summed E-state index contributed by atoms with van der Waals surface area (Å²) in [6.45, 7) is 3.14. The quantitative estimate of drug-likeness (QED) is 0.779. The summed E-state index contributed by atoms with van der Waals surface area (Å²) in [6, 6.07) is 1.38. The minimum atomic E-state index is -1.22. The fourth-order valence-electron chi connectivity index (χ4n) is 2.99. The molecule has 2 aromatic heterocycles. The Kier molecular flexibility index (Phi) is 5.80. The van der Waals surface area contributed by atoms with E-state index in [0.29, 0.717) is 19.5 Å². The lowest BCUT2D eigenvalue weighted by atomic mass is 10.1. The van der Waals surface area contributed by atoms with Gasteiger partial charge in [0.1, 0.15) is 11.7 Å². The van der Waals surface area contributed by atoms with Crippen molar-refractivity contribution in [2.45, 2.75) is 38.8 Å². The lowest BCUT2D eigenvalue weighted by molar-refractivity contribution is -0.134. The van der Waals surface area contributed by atoms with Crippen LogP contribution in [-0.4, -0.2) is 50.3 Å². The molecule has 9 heteroatoms. The molecule has 0 bridgehead atoms. The van der Waals surface area contributed by atoms with E-state index in [0.717, 1.165) is 30.8 Å². The minimum absolute atomic E-state index is 0.0207. The Hall–Kier alpha value is -2.81. The number of carboxylic acids is 1. The molecule has 0 saturated carbocycles. The molecule has 1 unspecified atom stereocenters. The summed E-state index contributed by atoms with van der Waals surface area (Å²) in [4.78, 5) is 46.8. The number of thiophene rings is 1. The van der Waals surface area contributed by atoms with Crippen molar-refractivity contribution in [2.24, 2.45) is 0 Å². The van der Waals surface area contributed by atoms with Crippen LogP contribution in [0.4, 0.5) is 0 Å². The number of fused-ring (bicyclic) bond motifs is 1. The highest BCUT2D eigenvalue weighted by Crippen LogP contribution is 2.24. The Morgan fingerprint density at radius 3 is 2.70 bits per heavy atom. The van der Waals surface area contributed by atoms with Crippen molar-refractivity contribution >= 4 is 29.1 Å². The number of hydrogen-bond donors (Lipinski definition) is 2. The maximum atomic E-state index is 12.9. The average Bonchev–Trinajstić information content (AvgIpc) is 3.14. The molecule has 1 aliphatic rings. The first kappa shape index (κ1) is 19.0. The van der Waals surface area contributed by atoms with Crippen molar-refractivity contribution in [3.8, 4) is 0 Å². The predicted molar refractivity (Wildman–Crippen MR) is 98.6 cm³/mol. The van der Waals surface area contributed by atoms with Gasteiger partial charge >= 0.3 is 5.97 Å². The molecule has 0 aliphatic carbocycles. The highest BCUT2D eigenvalue weighted by Gasteiger charge is 2.29. The Morgan fingerprint density at radius 2 is 2.04 bits per heavy atom. The zero-order chi connectivity index (χ0) is 19.4. The van der Waals surface area contributed by atoms with Crippen LogP contribution >= 0.6 is 11.3 Å². The van der Waals surface area contributed by atoms with Crippen molar-refractivity contribution < 1.29 is 19.5 Å². The van der Waals surface area contributed by atoms with Crippen LogP contribution in [0.2, 0.25) is 0 Å². The number of carbonyl (C=O) groups excluding carboxylic acids is 2. The second-order valence-corrected chi connectivity index (χ2v) is 7.29. The Balaban J connectivity index is 1.68. The van der Waals surface area contributed by atoms with E-state index in [9.17, 15) is 14.4 Å². The van der Waals surface area contributed by atoms with Crippen molar-refractivity contribution in [2.75, 3.05) is 6.54 Å². The van der Waals surface area contributed by atoms with Crippen LogP contribution in [0.25, 0.3) is 0 Å². The second kappa shape index (κ2) is 8.26. The number of aromatic carboxylic acids is 1. The van der Waals surface area contributed by atoms with Gasteiger partial charge in [-0.2, -0.15) is 0 Å². The molecule has 1 atom stereocenters. The molecule has 0 saturated heterocycles. The standard InChI is InChI=1S/C18H20N4O4S/c1-2-3-12(17(24)22-6-4-15-11(10-22)5-7-27-15)21-16(23)13-8-20-14(9-19-13)18(25)26/h5,7-9,12H,2-4,6,10H2,1H3,(H,21,23)(H,25,26). The highest BCUT2D eigenvalue weighted by atomic mass is 32.1. The van der Waals surface area contributed by atoms with Crippen molar-refractivity contribution in [1.29, 1.82) is 0 Å². The van der Waals surface area contributed by atoms with Crippen molar-refractivity contribution in [3.63, 3.8) is 0 Å². The van der Waals surface area contributed by atoms with Gasteiger partial charge in [-0.3, -0.25) is 9.59 Å². The summed E-state index contributed by atoms with van der Waals surface area (Å²) in [5.41, 5.74) is 0.900. The first-order valence-electron chi connectivity index (χ1n) is 8.69. The maximum Gasteiger partial charge on any atom is 0.356 e. The number of nitrogens with zero attached hydrogens (tertiary/aromatic N) is 3. The average molecular weight is 388 g/mol. The smallest absolute Gasteiger partial charge is 0.356 e. The summed E-state index contributed by atoms with van der Waals surface area (Å²) >= 11 is 1.70. The molecule has 0 aromatic carbocycles. The summed E-state index contributed by atoms with van der Waals surface area (Å²) in [5.74, 6) is -1.87. The molecule has 0 radical (unpaired) electrons. The molecule has 0 fully saturated rings. The lowest BCUT2D eigenvalue weighted by Gasteiger charge is -2.30. The number of nitrogens with one attached hydrogen (secondary N) is 1. The van der Waals surface area contributed by atoms with Crippen LogP contribution in [0.15, 0.2) is 23.8 Å². The SMILES string of the molecule is CCCC(NC(=O)c1cnc(C(=O)O)cn1)C(=O)N1CCc2sccc2C1. The van der Waals surface area contributed by atoms with Gasteiger partial charge in [-0.05, 0) is 29.9 Å². The van der Waals surface area contributed by atoms with E-state index in [1.165, 1.54) is 4.88 Å². The van der Waals surface area contributed by atoms with E-state index < -0.39 is 17.9 Å². The molecular weight excluding hydrogens is 368 g/mol. The molecule has 2 amide bonds. The highest BCUT2D eigenvalue weighted by molar-refractivity contribution is 7.10. The third-order valence-corrected chi connectivity index (χ3v) is 5.43. The van der Waals surface area contributed by atoms with Gasteiger partial charge in [-0.15, -0.1) is 11.3 Å². The minimum Gasteiger partial charge on any atom is -0.476 e. The third-order valence-electron chi connectivity index (χ3n) is 4.40. The summed E-state index contributed by atoms with van der Waals surface area (Å²) in [5, 5.41) is 13.6. The van der Waals surface area contributed by atoms with E-state index in [4.69, 9.17) is 5.11 Å². The van der Waals surface area contributed by atoms with E-state index in [2.05, 4.69) is 15.3 Å². The zero-order valence-electron chi connectivity index (χ0n) is 14.8. The molecule has 2 aromatic rings. The second-order valence-electron chi connectivity index (χ2n) is 6.29. The molecule has 142 valence electrons. The van der Waals surface area contributed by atoms with E-state index in [1.54, 1.807) is 16.2 Å². The largest absolute Gasteiger partial charge is 0.476 e. The number of carboxylic acid groups (broad SMARTS) is 1. The Morgan fingerprint density at radius 1 is 1.30 bits per heavy atom. The van der Waals surface area contributed by atoms with Crippen LogP contribution in [0, 0.1) is 0 Å². The Labute approximate surface area is 160 Å². The summed E-state index contributed by atoms with van der Waals surface area (Å²) in [6.07, 6.45) is 4.20. The first-order valence-corrected chi connectivity index (χ1v) is 9.57. The monoisotopic (exact) mass is 388 g/mol. The molecule has 2 N–H and O–H groups in total. The number of aromatic nitrogens is 2. The fraction of sp³-hybridized carbons (Fsp3) is 0.389. The number of amides is 2. The molecule has 27 heavy (non-hydrogen) atoms. The predicted octanol–water partition coefficient (Wildman–Crippen LogP) is 1.72. The number of rotatable bonds is 6. The van der Waals surface area contributed by atoms with Gasteiger partial charge in [0, 0.05) is 18.0 Å². The zero-order valence-corrected chi connectivity index (χ0v) is 15.7. The van der Waals surface area contributed by atoms with Gasteiger partial charge in [0.25, 0.3) is 5.91 Å². The van der Waals surface area contributed by atoms with Gasteiger partial charge in [0.15, 0.2) is 5.69 Å². The normalized spacial score (nSPS) is 14.3. The first-order chi connectivity index (χ1) is 13.0. The Bertz CT molecular complexity index is 849. The molecule has 3 rings (SSSR count). The molecular formula is C18H20N4O4S. The molecule has 1 aliphatic heterocycles. The number of carbonyl (C=O) groups is 3. The molecule has 3 heterocycles. The molecule has 0 spiro atoms. The van der Waals surface area contributed by atoms with Gasteiger partial charge in [0.05, 0.1) is 12.4 Å². The van der Waals surface area contributed by atoms with Crippen LogP contribution in [0.1, 0.15) is 51.2 Å². The number of hydrogen-bond acceptors (Lipinski definition) is 6. The van der Waals surface area contributed by atoms with E-state index in [1.807, 2.05) is 18.4 Å². The third kappa shape index (κ3) is 4.30. The topological polar surface area (TPSA) is 112 Å². The summed E-state index contributed by atoms with van der Waals surface area (Å²) in [7, 11) is 0.